The van der Waals surface area contributed by atoms with E-state index < -0.39 is 13.6 Å². The molecule has 0 aliphatic heterocycles. The van der Waals surface area contributed by atoms with Crippen LogP contribution >= 0.6 is 7.60 Å². The molecule has 0 saturated heterocycles. The van der Waals surface area contributed by atoms with E-state index in [1.807, 2.05) is 0 Å². The third-order valence-corrected chi connectivity index (χ3v) is 4.94. The van der Waals surface area contributed by atoms with Crippen molar-refractivity contribution in [2.45, 2.75) is 76.6 Å². The summed E-state index contributed by atoms with van der Waals surface area (Å²) in [5.41, 5.74) is 0. The second kappa shape index (κ2) is 11.6. The monoisotopic (exact) mass is 326 g/mol. The minimum absolute atomic E-state index is 0.00316. The average molecular weight is 326 g/mol. The molecule has 7 heteroatoms. The van der Waals surface area contributed by atoms with Crippen molar-refractivity contribution in [2.75, 3.05) is 13.3 Å². The van der Waals surface area contributed by atoms with Gasteiger partial charge in [-0.15, -0.1) is 0 Å². The Bertz CT molecular complexity index is 290. The van der Waals surface area contributed by atoms with E-state index in [4.69, 9.17) is 15.3 Å². The van der Waals surface area contributed by atoms with Gasteiger partial charge in [0.2, 0.25) is 0 Å². The molecule has 0 aliphatic carbocycles. The summed E-state index contributed by atoms with van der Waals surface area (Å²) in [5, 5.41) is 26.1. The standard InChI is InChI=1S/C14H31O6P/c1-20-21(18,19)13-11-9-7-5-3-2-4-6-8-10-12-14(15,16)17/h15-17H,2-13H2,1H3,(H,18,19). The lowest BCUT2D eigenvalue weighted by molar-refractivity contribution is -0.315. The first kappa shape index (κ1) is 21.0. The molecule has 0 aromatic rings. The smallest absolute Gasteiger partial charge is 0.327 e. The zero-order valence-electron chi connectivity index (χ0n) is 13.0. The normalized spacial score (nSPS) is 15.1. The Labute approximate surface area is 127 Å². The van der Waals surface area contributed by atoms with Gasteiger partial charge in [0, 0.05) is 19.7 Å². The van der Waals surface area contributed by atoms with Gasteiger partial charge in [0.05, 0.1) is 0 Å². The average Bonchev–Trinajstić information content (AvgIpc) is 2.38. The third kappa shape index (κ3) is 16.2. The highest BCUT2D eigenvalue weighted by molar-refractivity contribution is 7.52. The highest BCUT2D eigenvalue weighted by atomic mass is 31.2. The molecule has 0 rings (SSSR count). The topological polar surface area (TPSA) is 107 Å². The molecule has 0 aromatic heterocycles. The van der Waals surface area contributed by atoms with Gasteiger partial charge < -0.3 is 24.7 Å². The predicted molar refractivity (Wildman–Crippen MR) is 81.9 cm³/mol. The molecular formula is C14H31O6P. The number of unbranched alkanes of at least 4 members (excludes halogenated alkanes) is 9. The van der Waals surface area contributed by atoms with Crippen molar-refractivity contribution in [3.8, 4) is 0 Å². The number of hydrogen-bond donors (Lipinski definition) is 4. The molecule has 21 heavy (non-hydrogen) atoms. The van der Waals surface area contributed by atoms with Gasteiger partial charge in [-0.2, -0.15) is 0 Å². The van der Waals surface area contributed by atoms with E-state index in [1.165, 1.54) is 7.11 Å². The Morgan fingerprint density at radius 1 is 0.810 bits per heavy atom. The van der Waals surface area contributed by atoms with Crippen LogP contribution in [0, 0.1) is 0 Å². The fourth-order valence-corrected chi connectivity index (χ4v) is 2.99. The van der Waals surface area contributed by atoms with Crippen LogP contribution in [0.5, 0.6) is 0 Å². The van der Waals surface area contributed by atoms with Crippen LogP contribution in [0.25, 0.3) is 0 Å². The lowest BCUT2D eigenvalue weighted by Gasteiger charge is -2.12. The summed E-state index contributed by atoms with van der Waals surface area (Å²) in [5.74, 6) is -2.51. The van der Waals surface area contributed by atoms with Crippen LogP contribution in [0.4, 0.5) is 0 Å². The SMILES string of the molecule is COP(=O)(O)CCCCCCCCCCCCC(O)(O)O. The zero-order chi connectivity index (χ0) is 16.2. The van der Waals surface area contributed by atoms with Gasteiger partial charge >= 0.3 is 7.60 Å². The van der Waals surface area contributed by atoms with Crippen molar-refractivity contribution in [3.63, 3.8) is 0 Å². The highest BCUT2D eigenvalue weighted by Gasteiger charge is 2.16. The van der Waals surface area contributed by atoms with Crippen molar-refractivity contribution in [3.05, 3.63) is 0 Å². The molecule has 0 spiro atoms. The van der Waals surface area contributed by atoms with Gasteiger partial charge in [-0.25, -0.2) is 0 Å². The Balaban J connectivity index is 3.18. The van der Waals surface area contributed by atoms with Gasteiger partial charge in [0.25, 0.3) is 5.97 Å². The molecule has 0 radical (unpaired) electrons. The van der Waals surface area contributed by atoms with Gasteiger partial charge in [-0.3, -0.25) is 4.57 Å². The van der Waals surface area contributed by atoms with Crippen LogP contribution in [0.15, 0.2) is 0 Å². The Kier molecular flexibility index (Phi) is 11.6. The van der Waals surface area contributed by atoms with Gasteiger partial charge in [-0.05, 0) is 12.8 Å². The molecule has 4 N–H and O–H groups in total. The van der Waals surface area contributed by atoms with Crippen LogP contribution in [0.3, 0.4) is 0 Å². The zero-order valence-corrected chi connectivity index (χ0v) is 13.9. The summed E-state index contributed by atoms with van der Waals surface area (Å²) in [6.45, 7) is 0. The maximum Gasteiger partial charge on any atom is 0.327 e. The van der Waals surface area contributed by atoms with Crippen molar-refractivity contribution in [1.29, 1.82) is 0 Å². The summed E-state index contributed by atoms with van der Waals surface area (Å²) < 4.78 is 15.7. The van der Waals surface area contributed by atoms with Gasteiger partial charge in [0.1, 0.15) is 0 Å². The van der Waals surface area contributed by atoms with Crippen molar-refractivity contribution >= 4 is 7.60 Å². The van der Waals surface area contributed by atoms with Crippen LogP contribution in [-0.4, -0.2) is 39.5 Å². The van der Waals surface area contributed by atoms with Crippen molar-refractivity contribution in [2.24, 2.45) is 0 Å². The lowest BCUT2D eigenvalue weighted by Crippen LogP contribution is -2.26. The molecule has 6 nitrogen and oxygen atoms in total. The van der Waals surface area contributed by atoms with E-state index in [0.717, 1.165) is 57.8 Å². The van der Waals surface area contributed by atoms with Gasteiger partial charge in [0.15, 0.2) is 0 Å². The number of aliphatic hydroxyl groups is 3. The molecule has 128 valence electrons. The molecule has 1 atom stereocenters. The molecule has 0 aromatic carbocycles. The lowest BCUT2D eigenvalue weighted by atomic mass is 10.1. The van der Waals surface area contributed by atoms with E-state index in [9.17, 15) is 9.46 Å². The van der Waals surface area contributed by atoms with E-state index in [0.29, 0.717) is 6.42 Å². The van der Waals surface area contributed by atoms with E-state index in [1.54, 1.807) is 0 Å². The minimum atomic E-state index is -3.32. The molecule has 0 bridgehead atoms. The van der Waals surface area contributed by atoms with Crippen LogP contribution < -0.4 is 0 Å². The van der Waals surface area contributed by atoms with E-state index >= 15 is 0 Å². The van der Waals surface area contributed by atoms with Crippen LogP contribution in [-0.2, 0) is 9.09 Å². The van der Waals surface area contributed by atoms with Crippen LogP contribution in [0.2, 0.25) is 0 Å². The molecule has 0 heterocycles. The fraction of sp³-hybridized carbons (Fsp3) is 1.00. The second-order valence-corrected chi connectivity index (χ2v) is 7.69. The maximum atomic E-state index is 11.2. The van der Waals surface area contributed by atoms with E-state index in [2.05, 4.69) is 4.52 Å². The van der Waals surface area contributed by atoms with Crippen molar-refractivity contribution < 1.29 is 29.3 Å². The molecule has 0 amide bonds. The Morgan fingerprint density at radius 2 is 1.19 bits per heavy atom. The third-order valence-electron chi connectivity index (χ3n) is 3.49. The fourth-order valence-electron chi connectivity index (χ4n) is 2.18. The minimum Gasteiger partial charge on any atom is -0.344 e. The quantitative estimate of drug-likeness (QED) is 0.222. The van der Waals surface area contributed by atoms with Crippen LogP contribution in [0.1, 0.15) is 70.6 Å². The Hall–Kier alpha value is 0.0300. The maximum absolute atomic E-state index is 11.2. The molecule has 0 fully saturated rings. The summed E-state index contributed by atoms with van der Waals surface area (Å²) in [6, 6.07) is 0. The molecular weight excluding hydrogens is 295 g/mol. The first-order valence-electron chi connectivity index (χ1n) is 7.81. The predicted octanol–water partition coefficient (Wildman–Crippen LogP) is 2.74. The largest absolute Gasteiger partial charge is 0.344 e. The first-order chi connectivity index (χ1) is 9.77. The van der Waals surface area contributed by atoms with Crippen molar-refractivity contribution in [1.82, 2.24) is 0 Å². The van der Waals surface area contributed by atoms with E-state index in [-0.39, 0.29) is 12.6 Å². The second-order valence-electron chi connectivity index (χ2n) is 5.60. The molecule has 0 aliphatic rings. The number of hydrogen-bond acceptors (Lipinski definition) is 5. The summed E-state index contributed by atoms with van der Waals surface area (Å²) in [4.78, 5) is 9.20. The molecule has 0 saturated carbocycles. The highest BCUT2D eigenvalue weighted by Crippen LogP contribution is 2.41. The summed E-state index contributed by atoms with van der Waals surface area (Å²) in [6.07, 6.45) is 10.1. The Morgan fingerprint density at radius 3 is 1.57 bits per heavy atom. The first-order valence-corrected chi connectivity index (χ1v) is 9.58. The number of rotatable bonds is 14. The molecule has 1 unspecified atom stereocenters. The van der Waals surface area contributed by atoms with Gasteiger partial charge in [-0.1, -0.05) is 51.4 Å². The summed E-state index contributed by atoms with van der Waals surface area (Å²) in [7, 11) is -2.05. The summed E-state index contributed by atoms with van der Waals surface area (Å²) >= 11 is 0.